The van der Waals surface area contributed by atoms with Gasteiger partial charge in [-0.25, -0.2) is 8.78 Å². The monoisotopic (exact) mass is 281 g/mol. The van der Waals surface area contributed by atoms with E-state index in [1.165, 1.54) is 12.1 Å². The van der Waals surface area contributed by atoms with Gasteiger partial charge in [0.25, 0.3) is 0 Å². The molecule has 2 aromatic carbocycles. The molecule has 0 aromatic heterocycles. The van der Waals surface area contributed by atoms with E-state index in [1.54, 1.807) is 6.07 Å². The number of hydrogen-bond donors (Lipinski definition) is 1. The van der Waals surface area contributed by atoms with E-state index < -0.39 is 11.6 Å². The Labute approximate surface area is 116 Å². The first-order valence-electron chi connectivity index (χ1n) is 5.93. The predicted octanol–water partition coefficient (Wildman–Crippen LogP) is 4.17. The maximum absolute atomic E-state index is 13.1. The Hall–Kier alpha value is -1.45. The fourth-order valence-corrected chi connectivity index (χ4v) is 2.07. The van der Waals surface area contributed by atoms with Crippen LogP contribution in [0, 0.1) is 18.6 Å². The summed E-state index contributed by atoms with van der Waals surface area (Å²) in [5, 5.41) is 0.651. The molecule has 1 nitrogen and oxygen atoms in total. The van der Waals surface area contributed by atoms with Crippen LogP contribution in [0.4, 0.5) is 8.78 Å². The molecule has 0 bridgehead atoms. The van der Waals surface area contributed by atoms with Gasteiger partial charge in [0.15, 0.2) is 11.6 Å². The molecule has 0 aliphatic carbocycles. The molecule has 4 heteroatoms. The SMILES string of the molecule is Cc1ccc(C(N)Cc2ccc(F)c(F)c2)cc1Cl. The van der Waals surface area contributed by atoms with Gasteiger partial charge in [-0.1, -0.05) is 29.8 Å². The van der Waals surface area contributed by atoms with Gasteiger partial charge in [0.05, 0.1) is 0 Å². The second kappa shape index (κ2) is 5.68. The van der Waals surface area contributed by atoms with Crippen molar-refractivity contribution < 1.29 is 8.78 Å². The Morgan fingerprint density at radius 2 is 1.84 bits per heavy atom. The van der Waals surface area contributed by atoms with Gasteiger partial charge >= 0.3 is 0 Å². The zero-order valence-electron chi connectivity index (χ0n) is 10.5. The molecule has 0 heterocycles. The predicted molar refractivity (Wildman–Crippen MR) is 73.2 cm³/mol. The first kappa shape index (κ1) is 14.0. The highest BCUT2D eigenvalue weighted by Gasteiger charge is 2.10. The molecule has 0 aliphatic rings. The van der Waals surface area contributed by atoms with Gasteiger partial charge in [-0.2, -0.15) is 0 Å². The lowest BCUT2D eigenvalue weighted by atomic mass is 9.99. The molecule has 100 valence electrons. The van der Waals surface area contributed by atoms with Gasteiger partial charge in [-0.05, 0) is 48.2 Å². The van der Waals surface area contributed by atoms with E-state index in [4.69, 9.17) is 17.3 Å². The Bertz CT molecular complexity index is 599. The molecule has 0 spiro atoms. The third-order valence-corrected chi connectivity index (χ3v) is 3.47. The van der Waals surface area contributed by atoms with Crippen molar-refractivity contribution in [2.75, 3.05) is 0 Å². The van der Waals surface area contributed by atoms with Crippen LogP contribution in [-0.2, 0) is 6.42 Å². The van der Waals surface area contributed by atoms with E-state index in [2.05, 4.69) is 0 Å². The number of hydrogen-bond acceptors (Lipinski definition) is 1. The van der Waals surface area contributed by atoms with Crippen LogP contribution in [-0.4, -0.2) is 0 Å². The summed E-state index contributed by atoms with van der Waals surface area (Å²) < 4.78 is 25.9. The molecule has 19 heavy (non-hydrogen) atoms. The Morgan fingerprint density at radius 1 is 1.11 bits per heavy atom. The zero-order valence-corrected chi connectivity index (χ0v) is 11.2. The summed E-state index contributed by atoms with van der Waals surface area (Å²) in [6.45, 7) is 1.91. The first-order chi connectivity index (χ1) is 8.97. The standard InChI is InChI=1S/C15H14ClF2N/c1-9-2-4-11(8-12(9)16)15(19)7-10-3-5-13(17)14(18)6-10/h2-6,8,15H,7,19H2,1H3. The quantitative estimate of drug-likeness (QED) is 0.898. The summed E-state index contributed by atoms with van der Waals surface area (Å²) in [7, 11) is 0. The molecule has 0 fully saturated rings. The van der Waals surface area contributed by atoms with Crippen LogP contribution >= 0.6 is 11.6 Å². The van der Waals surface area contributed by atoms with E-state index >= 15 is 0 Å². The van der Waals surface area contributed by atoms with Gasteiger partial charge in [-0.3, -0.25) is 0 Å². The number of nitrogens with two attached hydrogens (primary N) is 1. The molecule has 1 atom stereocenters. The van der Waals surface area contributed by atoms with Gasteiger partial charge in [-0.15, -0.1) is 0 Å². The van der Waals surface area contributed by atoms with Gasteiger partial charge in [0.2, 0.25) is 0 Å². The topological polar surface area (TPSA) is 26.0 Å². The summed E-state index contributed by atoms with van der Waals surface area (Å²) in [5.41, 5.74) is 8.57. The fraction of sp³-hybridized carbons (Fsp3) is 0.200. The van der Waals surface area contributed by atoms with Crippen LogP contribution in [0.2, 0.25) is 5.02 Å². The molecule has 1 unspecified atom stereocenters. The van der Waals surface area contributed by atoms with Gasteiger partial charge in [0, 0.05) is 11.1 Å². The minimum Gasteiger partial charge on any atom is -0.324 e. The lowest BCUT2D eigenvalue weighted by Gasteiger charge is -2.13. The smallest absolute Gasteiger partial charge is 0.159 e. The van der Waals surface area contributed by atoms with Crippen LogP contribution in [0.15, 0.2) is 36.4 Å². The lowest BCUT2D eigenvalue weighted by molar-refractivity contribution is 0.506. The zero-order chi connectivity index (χ0) is 14.0. The van der Waals surface area contributed by atoms with E-state index in [-0.39, 0.29) is 6.04 Å². The van der Waals surface area contributed by atoms with Crippen molar-refractivity contribution in [3.63, 3.8) is 0 Å². The van der Waals surface area contributed by atoms with E-state index in [0.29, 0.717) is 17.0 Å². The second-order valence-electron chi connectivity index (χ2n) is 4.57. The Balaban J connectivity index is 2.17. The molecule has 2 rings (SSSR count). The second-order valence-corrected chi connectivity index (χ2v) is 4.97. The Kier molecular flexibility index (Phi) is 4.17. The highest BCUT2D eigenvalue weighted by molar-refractivity contribution is 6.31. The van der Waals surface area contributed by atoms with Gasteiger partial charge in [0.1, 0.15) is 0 Å². The van der Waals surface area contributed by atoms with E-state index in [9.17, 15) is 8.78 Å². The highest BCUT2D eigenvalue weighted by Crippen LogP contribution is 2.23. The average Bonchev–Trinajstić information content (AvgIpc) is 2.37. The number of aryl methyl sites for hydroxylation is 1. The average molecular weight is 282 g/mol. The van der Waals surface area contributed by atoms with Crippen molar-refractivity contribution >= 4 is 11.6 Å². The van der Waals surface area contributed by atoms with Crippen LogP contribution < -0.4 is 5.73 Å². The van der Waals surface area contributed by atoms with Crippen molar-refractivity contribution in [1.82, 2.24) is 0 Å². The van der Waals surface area contributed by atoms with Crippen molar-refractivity contribution in [1.29, 1.82) is 0 Å². The number of halogens is 3. The molecular weight excluding hydrogens is 268 g/mol. The maximum atomic E-state index is 13.1. The third kappa shape index (κ3) is 3.31. The minimum absolute atomic E-state index is 0.303. The molecular formula is C15H14ClF2N. The normalized spacial score (nSPS) is 12.5. The minimum atomic E-state index is -0.855. The lowest BCUT2D eigenvalue weighted by Crippen LogP contribution is -2.13. The van der Waals surface area contributed by atoms with Crippen molar-refractivity contribution in [2.24, 2.45) is 5.73 Å². The Morgan fingerprint density at radius 3 is 2.47 bits per heavy atom. The summed E-state index contributed by atoms with van der Waals surface area (Å²) in [4.78, 5) is 0. The van der Waals surface area contributed by atoms with Crippen LogP contribution in [0.3, 0.4) is 0 Å². The first-order valence-corrected chi connectivity index (χ1v) is 6.30. The number of benzene rings is 2. The molecule has 2 N–H and O–H groups in total. The summed E-state index contributed by atoms with van der Waals surface area (Å²) in [6, 6.07) is 9.11. The van der Waals surface area contributed by atoms with Crippen molar-refractivity contribution in [2.45, 2.75) is 19.4 Å². The molecule has 2 aromatic rings. The largest absolute Gasteiger partial charge is 0.324 e. The summed E-state index contributed by atoms with van der Waals surface area (Å²) >= 11 is 6.04. The fourth-order valence-electron chi connectivity index (χ4n) is 1.88. The molecule has 0 aliphatic heterocycles. The third-order valence-electron chi connectivity index (χ3n) is 3.06. The van der Waals surface area contributed by atoms with E-state index in [1.807, 2.05) is 19.1 Å². The van der Waals surface area contributed by atoms with Gasteiger partial charge < -0.3 is 5.73 Å². The van der Waals surface area contributed by atoms with E-state index in [0.717, 1.165) is 17.2 Å². The molecule has 0 amide bonds. The van der Waals surface area contributed by atoms with Crippen molar-refractivity contribution in [3.8, 4) is 0 Å². The summed E-state index contributed by atoms with van der Waals surface area (Å²) in [5.74, 6) is -1.71. The van der Waals surface area contributed by atoms with Crippen LogP contribution in [0.5, 0.6) is 0 Å². The number of rotatable bonds is 3. The summed E-state index contributed by atoms with van der Waals surface area (Å²) in [6.07, 6.45) is 0.427. The maximum Gasteiger partial charge on any atom is 0.159 e. The van der Waals surface area contributed by atoms with Crippen LogP contribution in [0.1, 0.15) is 22.7 Å². The van der Waals surface area contributed by atoms with Crippen molar-refractivity contribution in [3.05, 3.63) is 69.7 Å². The molecule has 0 saturated carbocycles. The highest BCUT2D eigenvalue weighted by atomic mass is 35.5. The molecule has 0 saturated heterocycles. The van der Waals surface area contributed by atoms with Crippen LogP contribution in [0.25, 0.3) is 0 Å². The molecule has 0 radical (unpaired) electrons.